The SMILES string of the molecule is O=C(O)CC1CCN(c2cccc(Cl)c2)C(=O)O1. The fraction of sp³-hybridized carbons (Fsp3) is 0.333. The van der Waals surface area contributed by atoms with Gasteiger partial charge >= 0.3 is 12.1 Å². The maximum absolute atomic E-state index is 11.8. The van der Waals surface area contributed by atoms with E-state index in [0.29, 0.717) is 23.7 Å². The Labute approximate surface area is 109 Å². The number of hydrogen-bond donors (Lipinski definition) is 1. The van der Waals surface area contributed by atoms with Crippen LogP contribution in [-0.4, -0.2) is 29.8 Å². The Balaban J connectivity index is 2.06. The predicted octanol–water partition coefficient (Wildman–Crippen LogP) is 2.53. The van der Waals surface area contributed by atoms with Crippen LogP contribution < -0.4 is 4.90 Å². The molecule has 0 bridgehead atoms. The van der Waals surface area contributed by atoms with Gasteiger partial charge in [0, 0.05) is 23.7 Å². The van der Waals surface area contributed by atoms with Crippen molar-refractivity contribution in [2.45, 2.75) is 18.9 Å². The maximum Gasteiger partial charge on any atom is 0.414 e. The molecule has 1 heterocycles. The number of carbonyl (C=O) groups excluding carboxylic acids is 1. The predicted molar refractivity (Wildman–Crippen MR) is 65.9 cm³/mol. The lowest BCUT2D eigenvalue weighted by Gasteiger charge is -2.31. The first-order valence-electron chi connectivity index (χ1n) is 5.52. The Hall–Kier alpha value is -1.75. The molecule has 0 aromatic heterocycles. The minimum absolute atomic E-state index is 0.158. The average Bonchev–Trinajstić information content (AvgIpc) is 2.28. The summed E-state index contributed by atoms with van der Waals surface area (Å²) in [5, 5.41) is 9.18. The summed E-state index contributed by atoms with van der Waals surface area (Å²) in [7, 11) is 0. The van der Waals surface area contributed by atoms with E-state index in [-0.39, 0.29) is 6.42 Å². The minimum atomic E-state index is -0.969. The van der Waals surface area contributed by atoms with Gasteiger partial charge in [-0.1, -0.05) is 17.7 Å². The molecule has 6 heteroatoms. The van der Waals surface area contributed by atoms with Crippen LogP contribution in [0, 0.1) is 0 Å². The van der Waals surface area contributed by atoms with Crippen LogP contribution in [0.5, 0.6) is 0 Å². The molecular formula is C12H12ClNO4. The number of cyclic esters (lactones) is 1. The lowest BCUT2D eigenvalue weighted by molar-refractivity contribution is -0.139. The van der Waals surface area contributed by atoms with Crippen LogP contribution in [0.2, 0.25) is 5.02 Å². The molecule has 1 aliphatic rings. The second kappa shape index (κ2) is 5.27. The molecule has 0 saturated carbocycles. The summed E-state index contributed by atoms with van der Waals surface area (Å²) in [4.78, 5) is 23.8. The number of carboxylic acids is 1. The Morgan fingerprint density at radius 1 is 1.56 bits per heavy atom. The van der Waals surface area contributed by atoms with Gasteiger partial charge in [0.15, 0.2) is 0 Å². The van der Waals surface area contributed by atoms with Crippen molar-refractivity contribution in [2.24, 2.45) is 0 Å². The molecule has 1 aromatic carbocycles. The van der Waals surface area contributed by atoms with Gasteiger partial charge in [-0.15, -0.1) is 0 Å². The Bertz CT molecular complexity index is 477. The lowest BCUT2D eigenvalue weighted by atomic mass is 10.1. The number of nitrogens with zero attached hydrogens (tertiary/aromatic N) is 1. The molecule has 1 amide bonds. The number of rotatable bonds is 3. The van der Waals surface area contributed by atoms with Crippen molar-refractivity contribution in [1.82, 2.24) is 0 Å². The standard InChI is InChI=1S/C12H12ClNO4/c13-8-2-1-3-9(6-8)14-5-4-10(7-11(15)16)18-12(14)17/h1-3,6,10H,4-5,7H2,(H,15,16). The molecule has 0 radical (unpaired) electrons. The molecule has 1 fully saturated rings. The molecule has 0 aliphatic carbocycles. The summed E-state index contributed by atoms with van der Waals surface area (Å²) in [6.07, 6.45) is -0.750. The van der Waals surface area contributed by atoms with Crippen molar-refractivity contribution in [3.63, 3.8) is 0 Å². The van der Waals surface area contributed by atoms with E-state index in [0.717, 1.165) is 0 Å². The number of carbonyl (C=O) groups is 2. The fourth-order valence-corrected chi connectivity index (χ4v) is 2.03. The quantitative estimate of drug-likeness (QED) is 0.916. The molecule has 1 aromatic rings. The molecule has 2 rings (SSSR count). The highest BCUT2D eigenvalue weighted by Crippen LogP contribution is 2.24. The third-order valence-electron chi connectivity index (χ3n) is 2.68. The van der Waals surface area contributed by atoms with Gasteiger partial charge < -0.3 is 9.84 Å². The molecule has 1 saturated heterocycles. The van der Waals surface area contributed by atoms with Crippen LogP contribution in [0.15, 0.2) is 24.3 Å². The second-order valence-electron chi connectivity index (χ2n) is 4.02. The van der Waals surface area contributed by atoms with Crippen LogP contribution in [0.25, 0.3) is 0 Å². The first-order valence-corrected chi connectivity index (χ1v) is 5.89. The molecule has 1 aliphatic heterocycles. The van der Waals surface area contributed by atoms with Crippen molar-refractivity contribution < 1.29 is 19.4 Å². The van der Waals surface area contributed by atoms with E-state index in [9.17, 15) is 9.59 Å². The highest BCUT2D eigenvalue weighted by atomic mass is 35.5. The largest absolute Gasteiger partial charge is 0.481 e. The van der Waals surface area contributed by atoms with E-state index in [4.69, 9.17) is 21.4 Å². The van der Waals surface area contributed by atoms with Crippen molar-refractivity contribution in [3.05, 3.63) is 29.3 Å². The van der Waals surface area contributed by atoms with E-state index in [1.54, 1.807) is 24.3 Å². The van der Waals surface area contributed by atoms with Gasteiger partial charge in [-0.25, -0.2) is 4.79 Å². The number of aliphatic carboxylic acids is 1. The summed E-state index contributed by atoms with van der Waals surface area (Å²) < 4.78 is 5.07. The maximum atomic E-state index is 11.8. The number of benzene rings is 1. The van der Waals surface area contributed by atoms with Crippen LogP contribution in [0.3, 0.4) is 0 Å². The monoisotopic (exact) mass is 269 g/mol. The number of amides is 1. The number of halogens is 1. The highest BCUT2D eigenvalue weighted by molar-refractivity contribution is 6.30. The minimum Gasteiger partial charge on any atom is -0.481 e. The molecule has 5 nitrogen and oxygen atoms in total. The van der Waals surface area contributed by atoms with Crippen LogP contribution >= 0.6 is 11.6 Å². The molecule has 1 unspecified atom stereocenters. The van der Waals surface area contributed by atoms with Gasteiger partial charge in [0.1, 0.15) is 6.10 Å². The molecule has 18 heavy (non-hydrogen) atoms. The number of hydrogen-bond acceptors (Lipinski definition) is 3. The molecule has 1 N–H and O–H groups in total. The number of anilines is 1. The fourth-order valence-electron chi connectivity index (χ4n) is 1.85. The smallest absolute Gasteiger partial charge is 0.414 e. The average molecular weight is 270 g/mol. The number of ether oxygens (including phenoxy) is 1. The summed E-state index contributed by atoms with van der Waals surface area (Å²) in [6.45, 7) is 0.428. The molecule has 96 valence electrons. The van der Waals surface area contributed by atoms with Crippen LogP contribution in [-0.2, 0) is 9.53 Å². The third kappa shape index (κ3) is 2.92. The Kier molecular flexibility index (Phi) is 3.72. The molecule has 0 spiro atoms. The van der Waals surface area contributed by atoms with Gasteiger partial charge in [0.05, 0.1) is 6.42 Å². The second-order valence-corrected chi connectivity index (χ2v) is 4.46. The summed E-state index contributed by atoms with van der Waals surface area (Å²) in [5.41, 5.74) is 0.654. The third-order valence-corrected chi connectivity index (χ3v) is 2.92. The van der Waals surface area contributed by atoms with Crippen molar-refractivity contribution in [2.75, 3.05) is 11.4 Å². The van der Waals surface area contributed by atoms with E-state index in [2.05, 4.69) is 0 Å². The first-order chi connectivity index (χ1) is 8.56. The van der Waals surface area contributed by atoms with Crippen molar-refractivity contribution >= 4 is 29.4 Å². The normalized spacial score (nSPS) is 19.5. The van der Waals surface area contributed by atoms with Gasteiger partial charge in [-0.2, -0.15) is 0 Å². The number of carboxylic acid groups (broad SMARTS) is 1. The lowest BCUT2D eigenvalue weighted by Crippen LogP contribution is -2.42. The van der Waals surface area contributed by atoms with Crippen molar-refractivity contribution in [1.29, 1.82) is 0 Å². The first kappa shape index (κ1) is 12.7. The van der Waals surface area contributed by atoms with Gasteiger partial charge in [0.2, 0.25) is 0 Å². The molecule has 1 atom stereocenters. The summed E-state index contributed by atoms with van der Waals surface area (Å²) >= 11 is 5.85. The highest BCUT2D eigenvalue weighted by Gasteiger charge is 2.29. The Morgan fingerprint density at radius 3 is 2.94 bits per heavy atom. The van der Waals surface area contributed by atoms with Gasteiger partial charge in [0.25, 0.3) is 0 Å². The van der Waals surface area contributed by atoms with E-state index < -0.39 is 18.2 Å². The summed E-state index contributed by atoms with van der Waals surface area (Å²) in [6, 6.07) is 6.88. The zero-order valence-corrected chi connectivity index (χ0v) is 10.3. The van der Waals surface area contributed by atoms with E-state index in [1.165, 1.54) is 4.90 Å². The van der Waals surface area contributed by atoms with Gasteiger partial charge in [-0.05, 0) is 18.2 Å². The summed E-state index contributed by atoms with van der Waals surface area (Å²) in [5.74, 6) is -0.969. The molecular weight excluding hydrogens is 258 g/mol. The van der Waals surface area contributed by atoms with E-state index in [1.807, 2.05) is 0 Å². The van der Waals surface area contributed by atoms with Crippen molar-refractivity contribution in [3.8, 4) is 0 Å². The zero-order chi connectivity index (χ0) is 13.1. The zero-order valence-electron chi connectivity index (χ0n) is 9.51. The van der Waals surface area contributed by atoms with Gasteiger partial charge in [-0.3, -0.25) is 9.69 Å². The van der Waals surface area contributed by atoms with Crippen LogP contribution in [0.1, 0.15) is 12.8 Å². The van der Waals surface area contributed by atoms with Crippen LogP contribution in [0.4, 0.5) is 10.5 Å². The van der Waals surface area contributed by atoms with E-state index >= 15 is 0 Å². The topological polar surface area (TPSA) is 66.8 Å². The Morgan fingerprint density at radius 2 is 2.33 bits per heavy atom.